The highest BCUT2D eigenvalue weighted by molar-refractivity contribution is 8.03. The highest BCUT2D eigenvalue weighted by Gasteiger charge is 2.19. The van der Waals surface area contributed by atoms with Crippen molar-refractivity contribution in [3.05, 3.63) is 95.6 Å². The summed E-state index contributed by atoms with van der Waals surface area (Å²) in [6, 6.07) is 15.6. The molecule has 0 saturated carbocycles. The van der Waals surface area contributed by atoms with Crippen LogP contribution in [0.4, 0.5) is 0 Å². The molecule has 0 bridgehead atoms. The number of carbonyl (C=O) groups is 1. The molecule has 34 heavy (non-hydrogen) atoms. The fourth-order valence-corrected chi connectivity index (χ4v) is 4.67. The van der Waals surface area contributed by atoms with Gasteiger partial charge in [-0.15, -0.1) is 0 Å². The summed E-state index contributed by atoms with van der Waals surface area (Å²) in [5.74, 6) is 1.07. The van der Waals surface area contributed by atoms with Gasteiger partial charge in [-0.05, 0) is 53.2 Å². The van der Waals surface area contributed by atoms with Gasteiger partial charge in [0.15, 0.2) is 6.29 Å². The van der Waals surface area contributed by atoms with Gasteiger partial charge in [0.2, 0.25) is 0 Å². The molecule has 0 spiro atoms. The number of hydrogen-bond donors (Lipinski definition) is 2. The quantitative estimate of drug-likeness (QED) is 0.0984. The van der Waals surface area contributed by atoms with Crippen molar-refractivity contribution in [3.63, 3.8) is 0 Å². The maximum absolute atomic E-state index is 11.8. The number of aldehydes is 1. The molecule has 0 heterocycles. The van der Waals surface area contributed by atoms with Crippen LogP contribution in [0, 0.1) is 6.92 Å². The summed E-state index contributed by atoms with van der Waals surface area (Å²) in [5, 5.41) is 2.02. The van der Waals surface area contributed by atoms with Gasteiger partial charge in [0.05, 0.1) is 17.3 Å². The Morgan fingerprint density at radius 3 is 2.53 bits per heavy atom. The molecule has 0 amide bonds. The summed E-state index contributed by atoms with van der Waals surface area (Å²) in [6.45, 7) is 14.0. The van der Waals surface area contributed by atoms with E-state index >= 15 is 0 Å². The van der Waals surface area contributed by atoms with Gasteiger partial charge in [0.1, 0.15) is 5.75 Å². The molecule has 4 nitrogen and oxygen atoms in total. The second-order valence-electron chi connectivity index (χ2n) is 7.03. The van der Waals surface area contributed by atoms with E-state index in [1.165, 1.54) is 11.8 Å². The standard InChI is InChI=1S/C26H25NO3S2.C2H6/c1-4-8-24(18(3)27)32-26-21-12-7-9-17(2)25(21)22(15-23(26)30-13-14-31-29)20-11-6-5-10-19(20)16-28;1-2/h4-12,15-16,29H,1,3,13-14,27H2,2H3;1-2H3/b24-8+;. The molecule has 3 aromatic carbocycles. The van der Waals surface area contributed by atoms with Gasteiger partial charge in [0.25, 0.3) is 0 Å². The molecule has 0 aliphatic carbocycles. The summed E-state index contributed by atoms with van der Waals surface area (Å²) >= 11 is 2.19. The first-order valence-electron chi connectivity index (χ1n) is 11.0. The highest BCUT2D eigenvalue weighted by atomic mass is 32.2. The predicted octanol–water partition coefficient (Wildman–Crippen LogP) is 7.87. The lowest BCUT2D eigenvalue weighted by Crippen LogP contribution is -2.03. The van der Waals surface area contributed by atoms with Crippen molar-refractivity contribution < 1.29 is 14.1 Å². The number of thioether (sulfide) groups is 1. The van der Waals surface area contributed by atoms with E-state index in [1.807, 2.05) is 56.3 Å². The van der Waals surface area contributed by atoms with Crippen LogP contribution in [-0.2, 0) is 0 Å². The third kappa shape index (κ3) is 6.35. The third-order valence-corrected chi connectivity index (χ3v) is 6.49. The van der Waals surface area contributed by atoms with Crippen LogP contribution >= 0.6 is 23.8 Å². The third-order valence-electron chi connectivity index (χ3n) is 4.89. The molecule has 0 fully saturated rings. The lowest BCUT2D eigenvalue weighted by Gasteiger charge is -2.20. The molecule has 0 atom stereocenters. The SMILES string of the molecule is C=C/C=C(/Sc1c(OCCSO)cc(-c2ccccc2C=O)c2c(C)cccc12)C(=C)N.CC. The van der Waals surface area contributed by atoms with E-state index in [2.05, 4.69) is 26.1 Å². The van der Waals surface area contributed by atoms with Gasteiger partial charge >= 0.3 is 0 Å². The molecule has 0 radical (unpaired) electrons. The Balaban J connectivity index is 0.00000199. The van der Waals surface area contributed by atoms with Gasteiger partial charge in [-0.3, -0.25) is 4.79 Å². The second kappa shape index (κ2) is 13.7. The first-order chi connectivity index (χ1) is 16.5. The van der Waals surface area contributed by atoms with E-state index < -0.39 is 0 Å². The van der Waals surface area contributed by atoms with Crippen molar-refractivity contribution in [1.82, 2.24) is 0 Å². The van der Waals surface area contributed by atoms with E-state index in [0.717, 1.165) is 55.6 Å². The minimum absolute atomic E-state index is 0.324. The molecular weight excluding hydrogens is 462 g/mol. The number of allylic oxidation sites excluding steroid dienone is 2. The minimum Gasteiger partial charge on any atom is -0.491 e. The van der Waals surface area contributed by atoms with Crippen LogP contribution < -0.4 is 10.5 Å². The van der Waals surface area contributed by atoms with E-state index in [9.17, 15) is 4.79 Å². The summed E-state index contributed by atoms with van der Waals surface area (Å²) in [7, 11) is 0. The molecule has 3 aromatic rings. The molecule has 0 aliphatic heterocycles. The Labute approximate surface area is 210 Å². The van der Waals surface area contributed by atoms with Crippen molar-refractivity contribution in [1.29, 1.82) is 0 Å². The summed E-state index contributed by atoms with van der Waals surface area (Å²) in [5.41, 5.74) is 9.90. The maximum atomic E-state index is 11.8. The fourth-order valence-electron chi connectivity index (χ4n) is 3.50. The number of hydrogen-bond acceptors (Lipinski definition) is 6. The molecule has 0 aliphatic rings. The number of ether oxygens (including phenoxy) is 1. The van der Waals surface area contributed by atoms with Crippen LogP contribution in [0.15, 0.2) is 89.3 Å². The number of benzene rings is 3. The number of nitrogens with two attached hydrogens (primary N) is 1. The van der Waals surface area contributed by atoms with Gasteiger partial charge in [0, 0.05) is 21.6 Å². The van der Waals surface area contributed by atoms with Crippen molar-refractivity contribution in [2.24, 2.45) is 5.73 Å². The lowest BCUT2D eigenvalue weighted by atomic mass is 9.92. The number of aryl methyl sites for hydroxylation is 1. The molecule has 178 valence electrons. The van der Waals surface area contributed by atoms with Crippen LogP contribution in [0.1, 0.15) is 29.8 Å². The Hall–Kier alpha value is -2.93. The minimum atomic E-state index is 0.324. The van der Waals surface area contributed by atoms with E-state index in [-0.39, 0.29) is 0 Å². The lowest BCUT2D eigenvalue weighted by molar-refractivity contribution is 0.112. The van der Waals surface area contributed by atoms with Crippen molar-refractivity contribution in [2.75, 3.05) is 12.4 Å². The highest BCUT2D eigenvalue weighted by Crippen LogP contribution is 2.46. The smallest absolute Gasteiger partial charge is 0.150 e. The molecule has 6 heteroatoms. The van der Waals surface area contributed by atoms with Gasteiger partial charge in [-0.25, -0.2) is 0 Å². The van der Waals surface area contributed by atoms with Crippen molar-refractivity contribution in [2.45, 2.75) is 25.7 Å². The maximum Gasteiger partial charge on any atom is 0.150 e. The zero-order valence-electron chi connectivity index (χ0n) is 19.8. The summed E-state index contributed by atoms with van der Waals surface area (Å²) < 4.78 is 15.3. The van der Waals surface area contributed by atoms with E-state index in [4.69, 9.17) is 15.0 Å². The Morgan fingerprint density at radius 1 is 1.15 bits per heavy atom. The Bertz CT molecular complexity index is 1200. The van der Waals surface area contributed by atoms with Crippen LogP contribution in [0.3, 0.4) is 0 Å². The Morgan fingerprint density at radius 2 is 1.88 bits per heavy atom. The van der Waals surface area contributed by atoms with Gasteiger partial charge < -0.3 is 15.0 Å². The average molecular weight is 494 g/mol. The molecular formula is C28H31NO3S2. The zero-order valence-corrected chi connectivity index (χ0v) is 21.5. The molecule has 0 saturated heterocycles. The van der Waals surface area contributed by atoms with Crippen molar-refractivity contribution in [3.8, 4) is 16.9 Å². The molecule has 3 rings (SSSR count). The monoisotopic (exact) mass is 493 g/mol. The Kier molecular flexibility index (Phi) is 11.0. The number of fused-ring (bicyclic) bond motifs is 1. The van der Waals surface area contributed by atoms with Crippen LogP contribution in [0.2, 0.25) is 0 Å². The first kappa shape index (κ1) is 27.3. The normalized spacial score (nSPS) is 10.9. The number of rotatable bonds is 10. The van der Waals surface area contributed by atoms with E-state index in [1.54, 1.807) is 12.1 Å². The predicted molar refractivity (Wildman–Crippen MR) is 149 cm³/mol. The average Bonchev–Trinajstić information content (AvgIpc) is 2.86. The number of carbonyl (C=O) groups excluding carboxylic acids is 1. The summed E-state index contributed by atoms with van der Waals surface area (Å²) in [6.07, 6.45) is 4.36. The van der Waals surface area contributed by atoms with E-state index in [0.29, 0.717) is 29.4 Å². The molecule has 3 N–H and O–H groups in total. The van der Waals surface area contributed by atoms with Crippen LogP contribution in [0.25, 0.3) is 21.9 Å². The second-order valence-corrected chi connectivity index (χ2v) is 8.75. The first-order valence-corrected chi connectivity index (χ1v) is 12.7. The van der Waals surface area contributed by atoms with Crippen LogP contribution in [0.5, 0.6) is 5.75 Å². The van der Waals surface area contributed by atoms with Gasteiger partial charge in [-0.1, -0.05) is 87.3 Å². The van der Waals surface area contributed by atoms with Gasteiger partial charge in [-0.2, -0.15) is 0 Å². The zero-order chi connectivity index (χ0) is 25.1. The van der Waals surface area contributed by atoms with Crippen LogP contribution in [-0.4, -0.2) is 23.2 Å². The fraction of sp³-hybridized carbons (Fsp3) is 0.179. The van der Waals surface area contributed by atoms with Crippen molar-refractivity contribution >= 4 is 40.9 Å². The largest absolute Gasteiger partial charge is 0.491 e. The molecule has 0 aromatic heterocycles. The summed E-state index contributed by atoms with van der Waals surface area (Å²) in [4.78, 5) is 13.4. The molecule has 0 unspecified atom stereocenters. The topological polar surface area (TPSA) is 72.5 Å².